The summed E-state index contributed by atoms with van der Waals surface area (Å²) in [7, 11) is 4.22. The molecule has 0 aliphatic carbocycles. The molecule has 134 valence electrons. The van der Waals surface area contributed by atoms with Crippen LogP contribution < -0.4 is 9.64 Å². The summed E-state index contributed by atoms with van der Waals surface area (Å²) in [6, 6.07) is 12.4. The summed E-state index contributed by atoms with van der Waals surface area (Å²) >= 11 is 8.05. The summed E-state index contributed by atoms with van der Waals surface area (Å²) in [6.07, 6.45) is 1.24. The number of ether oxygens (including phenoxy) is 1. The third-order valence-corrected chi connectivity index (χ3v) is 5.44. The first-order valence-electron chi connectivity index (χ1n) is 8.65. The van der Waals surface area contributed by atoms with Crippen LogP contribution in [0.25, 0.3) is 0 Å². The van der Waals surface area contributed by atoms with Crippen LogP contribution in [0.5, 0.6) is 5.75 Å². The molecule has 5 heteroatoms. The van der Waals surface area contributed by atoms with Crippen molar-refractivity contribution in [3.8, 4) is 5.75 Å². The van der Waals surface area contributed by atoms with Crippen LogP contribution in [0, 0.1) is 0 Å². The number of hydrogen-bond acceptors (Lipinski definition) is 4. The van der Waals surface area contributed by atoms with Crippen molar-refractivity contribution in [3.63, 3.8) is 0 Å². The molecule has 3 rings (SSSR count). The van der Waals surface area contributed by atoms with Crippen LogP contribution in [0.4, 0.5) is 11.4 Å². The molecule has 0 unspecified atom stereocenters. The Morgan fingerprint density at radius 3 is 2.68 bits per heavy atom. The van der Waals surface area contributed by atoms with Crippen LogP contribution in [-0.2, 0) is 0 Å². The highest BCUT2D eigenvalue weighted by atomic mass is 35.5. The molecule has 1 aliphatic rings. The van der Waals surface area contributed by atoms with Gasteiger partial charge in [0.1, 0.15) is 5.75 Å². The molecule has 0 atom stereocenters. The lowest BCUT2D eigenvalue weighted by atomic mass is 10.2. The molecule has 0 saturated carbocycles. The van der Waals surface area contributed by atoms with Gasteiger partial charge in [-0.2, -0.15) is 0 Å². The molecule has 0 bridgehead atoms. The molecule has 0 amide bonds. The van der Waals surface area contributed by atoms with E-state index in [0.29, 0.717) is 0 Å². The molecule has 0 aromatic heterocycles. The van der Waals surface area contributed by atoms with Crippen molar-refractivity contribution in [2.45, 2.75) is 36.2 Å². The number of rotatable bonds is 6. The maximum atomic E-state index is 6.28. The van der Waals surface area contributed by atoms with Gasteiger partial charge in [0.2, 0.25) is 0 Å². The summed E-state index contributed by atoms with van der Waals surface area (Å²) in [5, 5.41) is 0.773. The highest BCUT2D eigenvalue weighted by Crippen LogP contribution is 2.52. The molecule has 1 aliphatic heterocycles. The van der Waals surface area contributed by atoms with Crippen molar-refractivity contribution in [2.24, 2.45) is 0 Å². The molecule has 2 aromatic rings. The molecule has 0 saturated heterocycles. The first kappa shape index (κ1) is 18.4. The van der Waals surface area contributed by atoms with Gasteiger partial charge < -0.3 is 14.5 Å². The van der Waals surface area contributed by atoms with Gasteiger partial charge in [0.15, 0.2) is 0 Å². The summed E-state index contributed by atoms with van der Waals surface area (Å²) < 4.78 is 6.06. The summed E-state index contributed by atoms with van der Waals surface area (Å²) in [6.45, 7) is 6.13. The van der Waals surface area contributed by atoms with E-state index < -0.39 is 0 Å². The van der Waals surface area contributed by atoms with E-state index in [1.54, 1.807) is 11.8 Å². The van der Waals surface area contributed by atoms with E-state index >= 15 is 0 Å². The van der Waals surface area contributed by atoms with E-state index in [-0.39, 0.29) is 6.10 Å². The summed E-state index contributed by atoms with van der Waals surface area (Å²) in [4.78, 5) is 7.01. The maximum Gasteiger partial charge on any atom is 0.135 e. The molecule has 0 radical (unpaired) electrons. The molecular formula is C20H25ClN2OS. The zero-order valence-electron chi connectivity index (χ0n) is 15.3. The van der Waals surface area contributed by atoms with E-state index in [2.05, 4.69) is 68.1 Å². The predicted octanol–water partition coefficient (Wildman–Crippen LogP) is 5.68. The number of halogens is 1. The van der Waals surface area contributed by atoms with E-state index in [4.69, 9.17) is 16.3 Å². The van der Waals surface area contributed by atoms with Crippen LogP contribution in [0.15, 0.2) is 46.2 Å². The Labute approximate surface area is 159 Å². The minimum Gasteiger partial charge on any atom is -0.490 e. The first-order chi connectivity index (χ1) is 12.0. The van der Waals surface area contributed by atoms with Gasteiger partial charge in [0.25, 0.3) is 0 Å². The molecule has 1 heterocycles. The van der Waals surface area contributed by atoms with Crippen molar-refractivity contribution in [1.29, 1.82) is 0 Å². The van der Waals surface area contributed by atoms with E-state index in [1.807, 2.05) is 6.07 Å². The van der Waals surface area contributed by atoms with Crippen LogP contribution in [-0.4, -0.2) is 38.2 Å². The highest BCUT2D eigenvalue weighted by Gasteiger charge is 2.26. The van der Waals surface area contributed by atoms with E-state index in [0.717, 1.165) is 30.3 Å². The van der Waals surface area contributed by atoms with E-state index in [1.165, 1.54) is 21.2 Å². The number of hydrogen-bond donors (Lipinski definition) is 0. The smallest absolute Gasteiger partial charge is 0.135 e. The van der Waals surface area contributed by atoms with Crippen LogP contribution >= 0.6 is 23.4 Å². The van der Waals surface area contributed by atoms with Gasteiger partial charge in [-0.15, -0.1) is 0 Å². The lowest BCUT2D eigenvalue weighted by Gasteiger charge is -2.34. The van der Waals surface area contributed by atoms with Gasteiger partial charge in [0, 0.05) is 16.5 Å². The van der Waals surface area contributed by atoms with Crippen molar-refractivity contribution >= 4 is 34.7 Å². The summed E-state index contributed by atoms with van der Waals surface area (Å²) in [5.41, 5.74) is 2.39. The van der Waals surface area contributed by atoms with Gasteiger partial charge in [-0.05, 0) is 71.2 Å². The Bertz CT molecular complexity index is 748. The molecule has 0 fully saturated rings. The fraction of sp³-hybridized carbons (Fsp3) is 0.400. The fourth-order valence-electron chi connectivity index (χ4n) is 2.98. The molecule has 2 aromatic carbocycles. The lowest BCUT2D eigenvalue weighted by molar-refractivity contribution is 0.236. The third-order valence-electron chi connectivity index (χ3n) is 4.02. The largest absolute Gasteiger partial charge is 0.490 e. The number of fused-ring (bicyclic) bond motifs is 2. The monoisotopic (exact) mass is 376 g/mol. The van der Waals surface area contributed by atoms with Crippen molar-refractivity contribution in [1.82, 2.24) is 4.90 Å². The molecular weight excluding hydrogens is 352 g/mol. The van der Waals surface area contributed by atoms with E-state index in [9.17, 15) is 0 Å². The third kappa shape index (κ3) is 4.25. The topological polar surface area (TPSA) is 15.7 Å². The van der Waals surface area contributed by atoms with Crippen molar-refractivity contribution in [2.75, 3.05) is 32.1 Å². The van der Waals surface area contributed by atoms with Gasteiger partial charge in [0.05, 0.1) is 22.4 Å². The van der Waals surface area contributed by atoms with Gasteiger partial charge >= 0.3 is 0 Å². The van der Waals surface area contributed by atoms with Gasteiger partial charge in [-0.1, -0.05) is 29.4 Å². The first-order valence-corrected chi connectivity index (χ1v) is 9.84. The predicted molar refractivity (Wildman–Crippen MR) is 108 cm³/mol. The Hall–Kier alpha value is -1.36. The van der Waals surface area contributed by atoms with Crippen LogP contribution in [0.3, 0.4) is 0 Å². The molecule has 3 nitrogen and oxygen atoms in total. The summed E-state index contributed by atoms with van der Waals surface area (Å²) in [5.74, 6) is 0.954. The zero-order valence-corrected chi connectivity index (χ0v) is 16.8. The second-order valence-corrected chi connectivity index (χ2v) is 8.28. The SMILES string of the molecule is CC(C)Oc1cccc2c1Sc1ccc(Cl)cc1N2CCCN(C)C. The maximum absolute atomic E-state index is 6.28. The number of anilines is 2. The average molecular weight is 377 g/mol. The minimum absolute atomic E-state index is 0.154. The second-order valence-electron chi connectivity index (χ2n) is 6.79. The van der Waals surface area contributed by atoms with Crippen molar-refractivity contribution < 1.29 is 4.74 Å². The molecule has 0 spiro atoms. The fourth-order valence-corrected chi connectivity index (χ4v) is 4.28. The Balaban J connectivity index is 2.00. The zero-order chi connectivity index (χ0) is 18.0. The lowest BCUT2D eigenvalue weighted by Crippen LogP contribution is -2.25. The second kappa shape index (κ2) is 7.90. The van der Waals surface area contributed by atoms with Crippen LogP contribution in [0.1, 0.15) is 20.3 Å². The quantitative estimate of drug-likeness (QED) is 0.644. The standard InChI is InChI=1S/C20H25ClN2OS/c1-14(2)24-18-8-5-7-16-20(18)25-19-10-9-15(21)13-17(19)23(16)12-6-11-22(3)4/h5,7-10,13-14H,6,11-12H2,1-4H3. The van der Waals surface area contributed by atoms with Gasteiger partial charge in [-0.3, -0.25) is 0 Å². The highest BCUT2D eigenvalue weighted by molar-refractivity contribution is 7.99. The Morgan fingerprint density at radius 1 is 1.16 bits per heavy atom. The van der Waals surface area contributed by atoms with Gasteiger partial charge in [-0.25, -0.2) is 0 Å². The van der Waals surface area contributed by atoms with Crippen molar-refractivity contribution in [3.05, 3.63) is 41.4 Å². The number of benzene rings is 2. The molecule has 0 N–H and O–H groups in total. The Kier molecular flexibility index (Phi) is 5.82. The molecule has 25 heavy (non-hydrogen) atoms. The minimum atomic E-state index is 0.154. The average Bonchev–Trinajstić information content (AvgIpc) is 2.54. The Morgan fingerprint density at radius 2 is 1.96 bits per heavy atom. The normalized spacial score (nSPS) is 13.2. The van der Waals surface area contributed by atoms with Crippen LogP contribution in [0.2, 0.25) is 5.02 Å². The number of nitrogens with zero attached hydrogens (tertiary/aromatic N) is 2.